The molecular formula is C14H26O8Zr. The predicted molar refractivity (Wildman–Crippen MR) is 77.9 cm³/mol. The Labute approximate surface area is 150 Å². The summed E-state index contributed by atoms with van der Waals surface area (Å²) in [4.78, 5) is 41.3. The van der Waals surface area contributed by atoms with Crippen molar-refractivity contribution >= 4 is 23.5 Å². The molecule has 0 heterocycles. The summed E-state index contributed by atoms with van der Waals surface area (Å²) in [6.45, 7) is 6.81. The first-order chi connectivity index (χ1) is 10.7. The van der Waals surface area contributed by atoms with E-state index in [0.29, 0.717) is 13.2 Å². The number of carbonyl (C=O) groups excluding carboxylic acids is 4. The number of rotatable bonds is 8. The van der Waals surface area contributed by atoms with Gasteiger partial charge in [0.2, 0.25) is 0 Å². The van der Waals surface area contributed by atoms with Gasteiger partial charge in [0.1, 0.15) is 24.4 Å². The molecule has 0 saturated carbocycles. The minimum atomic E-state index is -0.782. The van der Waals surface area contributed by atoms with Crippen LogP contribution in [0.2, 0.25) is 0 Å². The van der Waals surface area contributed by atoms with Crippen LogP contribution in [0.4, 0.5) is 0 Å². The van der Waals surface area contributed by atoms with Gasteiger partial charge < -0.3 is 9.47 Å². The molecule has 9 heteroatoms. The molecule has 0 aromatic carbocycles. The van der Waals surface area contributed by atoms with Gasteiger partial charge in [-0.05, 0) is 27.7 Å². The van der Waals surface area contributed by atoms with Gasteiger partial charge in [-0.1, -0.05) is 0 Å². The molecule has 23 heavy (non-hydrogen) atoms. The molecule has 0 spiro atoms. The molecule has 0 aromatic rings. The third-order valence-corrected chi connectivity index (χ3v) is 2.38. The molecule has 0 N–H and O–H groups in total. The zero-order valence-electron chi connectivity index (χ0n) is 14.6. The van der Waals surface area contributed by atoms with Gasteiger partial charge >= 0.3 is 55.9 Å². The SMILES string of the molecule is CCOC(=O)CC(C)=O.CCOC(=O)CC(C)=O.C[O][Zr][O]C. The summed E-state index contributed by atoms with van der Waals surface area (Å²) in [7, 11) is 3.32. The predicted octanol–water partition coefficient (Wildman–Crippen LogP) is 1.25. The standard InChI is InChI=1S/2C6H10O3.2CH3O.Zr/c2*1-3-9-6(8)4-5(2)7;2*1-2;/h2*3-4H2,1-2H3;2*1H3;/q;;2*-1;+2. The number of hydrogen-bond donors (Lipinski definition) is 0. The summed E-state index contributed by atoms with van der Waals surface area (Å²) >= 11 is -0.782. The van der Waals surface area contributed by atoms with E-state index in [4.69, 9.17) is 0 Å². The molecular weight excluding hydrogens is 387 g/mol. The van der Waals surface area contributed by atoms with Crippen LogP contribution in [-0.2, 0) is 58.4 Å². The summed E-state index contributed by atoms with van der Waals surface area (Å²) in [5.74, 6) is -1.20. The summed E-state index contributed by atoms with van der Waals surface area (Å²) in [5, 5.41) is 0. The first kappa shape index (κ1) is 27.0. The number of esters is 2. The van der Waals surface area contributed by atoms with E-state index in [9.17, 15) is 19.2 Å². The first-order valence-corrected chi connectivity index (χ1v) is 8.86. The van der Waals surface area contributed by atoms with Crippen molar-refractivity contribution in [2.45, 2.75) is 40.5 Å². The summed E-state index contributed by atoms with van der Waals surface area (Å²) in [5.41, 5.74) is 0. The van der Waals surface area contributed by atoms with E-state index in [0.717, 1.165) is 0 Å². The average molecular weight is 414 g/mol. The number of ketones is 2. The maximum atomic E-state index is 10.4. The van der Waals surface area contributed by atoms with E-state index in [2.05, 4.69) is 15.1 Å². The Morgan fingerprint density at radius 2 is 1.04 bits per heavy atom. The van der Waals surface area contributed by atoms with Crippen LogP contribution in [-0.4, -0.2) is 50.9 Å². The molecule has 0 bridgehead atoms. The Morgan fingerprint density at radius 1 is 0.739 bits per heavy atom. The topological polar surface area (TPSA) is 105 Å². The molecule has 0 aromatic heterocycles. The molecule has 0 aliphatic rings. The van der Waals surface area contributed by atoms with Gasteiger partial charge in [0.15, 0.2) is 0 Å². The van der Waals surface area contributed by atoms with Gasteiger partial charge in [-0.2, -0.15) is 0 Å². The van der Waals surface area contributed by atoms with E-state index in [1.165, 1.54) is 13.8 Å². The van der Waals surface area contributed by atoms with Gasteiger partial charge in [0.05, 0.1) is 13.2 Å². The van der Waals surface area contributed by atoms with Crippen molar-refractivity contribution in [3.63, 3.8) is 0 Å². The van der Waals surface area contributed by atoms with Crippen molar-refractivity contribution in [1.29, 1.82) is 0 Å². The van der Waals surface area contributed by atoms with Crippen LogP contribution < -0.4 is 0 Å². The third-order valence-electron chi connectivity index (χ3n) is 1.56. The van der Waals surface area contributed by atoms with E-state index in [-0.39, 0.29) is 24.4 Å². The van der Waals surface area contributed by atoms with Gasteiger partial charge in [0, 0.05) is 0 Å². The second kappa shape index (κ2) is 21.1. The maximum absolute atomic E-state index is 10.4. The van der Waals surface area contributed by atoms with Crippen LogP contribution in [0.3, 0.4) is 0 Å². The molecule has 0 fully saturated rings. The van der Waals surface area contributed by atoms with Crippen LogP contribution >= 0.6 is 0 Å². The summed E-state index contributed by atoms with van der Waals surface area (Å²) in [6.07, 6.45) is -0.207. The van der Waals surface area contributed by atoms with Crippen molar-refractivity contribution < 1.29 is 58.4 Å². The van der Waals surface area contributed by atoms with Crippen molar-refractivity contribution in [1.82, 2.24) is 0 Å². The molecule has 134 valence electrons. The molecule has 0 rings (SSSR count). The quantitative estimate of drug-likeness (QED) is 0.432. The Bertz CT molecular complexity index is 312. The first-order valence-electron chi connectivity index (χ1n) is 6.86. The van der Waals surface area contributed by atoms with E-state index in [1.807, 2.05) is 0 Å². The van der Waals surface area contributed by atoms with Crippen molar-refractivity contribution in [3.8, 4) is 0 Å². The number of ether oxygens (including phenoxy) is 2. The fraction of sp³-hybridized carbons (Fsp3) is 0.714. The van der Waals surface area contributed by atoms with Crippen molar-refractivity contribution in [2.24, 2.45) is 0 Å². The van der Waals surface area contributed by atoms with Gasteiger partial charge in [-0.3, -0.25) is 19.2 Å². The molecule has 0 amide bonds. The Morgan fingerprint density at radius 3 is 1.17 bits per heavy atom. The Kier molecular flexibility index (Phi) is 24.7. The Balaban J connectivity index is -0.000000273. The van der Waals surface area contributed by atoms with Gasteiger partial charge in [-0.15, -0.1) is 0 Å². The molecule has 8 nitrogen and oxygen atoms in total. The van der Waals surface area contributed by atoms with E-state index < -0.39 is 36.1 Å². The molecule has 0 aliphatic carbocycles. The van der Waals surface area contributed by atoms with Crippen molar-refractivity contribution in [2.75, 3.05) is 27.4 Å². The molecule has 0 atom stereocenters. The summed E-state index contributed by atoms with van der Waals surface area (Å²) < 4.78 is 18.3. The van der Waals surface area contributed by atoms with Crippen LogP contribution in [0.25, 0.3) is 0 Å². The number of carbonyl (C=O) groups is 4. The number of hydrogen-bond acceptors (Lipinski definition) is 8. The molecule has 0 saturated heterocycles. The second-order valence-corrected chi connectivity index (χ2v) is 6.28. The van der Waals surface area contributed by atoms with Crippen LogP contribution in [0.15, 0.2) is 0 Å². The average Bonchev–Trinajstić information content (AvgIpc) is 2.39. The van der Waals surface area contributed by atoms with Crippen LogP contribution in [0, 0.1) is 0 Å². The molecule has 0 radical (unpaired) electrons. The van der Waals surface area contributed by atoms with E-state index >= 15 is 0 Å². The molecule has 0 unspecified atom stereocenters. The normalized spacial score (nSPS) is 8.43. The van der Waals surface area contributed by atoms with E-state index in [1.54, 1.807) is 28.1 Å². The van der Waals surface area contributed by atoms with Gasteiger partial charge in [0.25, 0.3) is 0 Å². The van der Waals surface area contributed by atoms with Crippen LogP contribution in [0.1, 0.15) is 40.5 Å². The fourth-order valence-corrected chi connectivity index (χ4v) is 1.32. The van der Waals surface area contributed by atoms with Gasteiger partial charge in [-0.25, -0.2) is 0 Å². The van der Waals surface area contributed by atoms with Crippen molar-refractivity contribution in [3.05, 3.63) is 0 Å². The second-order valence-electron chi connectivity index (χ2n) is 3.86. The number of Topliss-reactive ketones (excluding diaryl/α,β-unsaturated/α-hetero) is 2. The molecule has 0 aliphatic heterocycles. The van der Waals surface area contributed by atoms with Crippen LogP contribution in [0.5, 0.6) is 0 Å². The monoisotopic (exact) mass is 412 g/mol. The summed E-state index contributed by atoms with van der Waals surface area (Å²) in [6, 6.07) is 0. The zero-order chi connectivity index (χ0) is 18.7. The fourth-order valence-electron chi connectivity index (χ4n) is 0.914. The minimum absolute atomic E-state index is 0.103. The zero-order valence-corrected chi connectivity index (χ0v) is 17.1. The third kappa shape index (κ3) is 33.7. The Hall–Kier alpha value is -0.917.